The van der Waals surface area contributed by atoms with Crippen LogP contribution in [-0.2, 0) is 19.3 Å². The zero-order valence-corrected chi connectivity index (χ0v) is 15.0. The monoisotopic (exact) mass is 327 g/mol. The molecule has 2 aromatic rings. The van der Waals surface area contributed by atoms with Crippen LogP contribution in [-0.4, -0.2) is 12.3 Å². The van der Waals surface area contributed by atoms with Gasteiger partial charge in [0.15, 0.2) is 0 Å². The Morgan fingerprint density at radius 2 is 1.84 bits per heavy atom. The predicted molar refractivity (Wildman–Crippen MR) is 107 cm³/mol. The number of hydrogen-bond donors (Lipinski definition) is 0. The fourth-order valence-electron chi connectivity index (χ4n) is 3.65. The van der Waals surface area contributed by atoms with E-state index in [9.17, 15) is 0 Å². The summed E-state index contributed by atoms with van der Waals surface area (Å²) in [5, 5.41) is 0. The van der Waals surface area contributed by atoms with Gasteiger partial charge in [0.1, 0.15) is 0 Å². The molecule has 1 unspecified atom stereocenters. The first-order valence-corrected chi connectivity index (χ1v) is 8.95. The van der Waals surface area contributed by atoms with Gasteiger partial charge in [-0.2, -0.15) is 0 Å². The number of aliphatic imine (C=N–C) groups is 1. The molecule has 0 N–H and O–H groups in total. The van der Waals surface area contributed by atoms with Gasteiger partial charge in [-0.3, -0.25) is 4.99 Å². The average Bonchev–Trinajstić information content (AvgIpc) is 3.05. The molecule has 0 saturated heterocycles. The van der Waals surface area contributed by atoms with Crippen molar-refractivity contribution in [3.8, 4) is 12.3 Å². The van der Waals surface area contributed by atoms with E-state index < -0.39 is 0 Å². The van der Waals surface area contributed by atoms with Crippen molar-refractivity contribution in [3.63, 3.8) is 0 Å². The smallest absolute Gasteiger partial charge is 0.0498 e. The van der Waals surface area contributed by atoms with Gasteiger partial charge in [-0.25, -0.2) is 0 Å². The highest BCUT2D eigenvalue weighted by atomic mass is 14.8. The van der Waals surface area contributed by atoms with Crippen LogP contribution < -0.4 is 0 Å². The van der Waals surface area contributed by atoms with Gasteiger partial charge in [0.2, 0.25) is 0 Å². The molecule has 1 atom stereocenters. The van der Waals surface area contributed by atoms with E-state index in [2.05, 4.69) is 68.0 Å². The molecule has 3 rings (SSSR count). The molecule has 0 radical (unpaired) electrons. The van der Waals surface area contributed by atoms with Crippen molar-refractivity contribution in [2.24, 2.45) is 10.4 Å². The first kappa shape index (κ1) is 17.2. The van der Waals surface area contributed by atoms with E-state index in [0.717, 1.165) is 37.8 Å². The minimum Gasteiger partial charge on any atom is -0.293 e. The van der Waals surface area contributed by atoms with Crippen molar-refractivity contribution in [1.29, 1.82) is 0 Å². The van der Waals surface area contributed by atoms with E-state index in [1.807, 2.05) is 6.07 Å². The number of terminal acetylenes is 1. The van der Waals surface area contributed by atoms with Gasteiger partial charge >= 0.3 is 0 Å². The molecule has 0 aliphatic carbocycles. The molecule has 25 heavy (non-hydrogen) atoms. The lowest BCUT2D eigenvalue weighted by Gasteiger charge is -2.28. The minimum atomic E-state index is -0.131. The van der Waals surface area contributed by atoms with Crippen molar-refractivity contribution < 1.29 is 0 Å². The molecule has 0 amide bonds. The third-order valence-corrected chi connectivity index (χ3v) is 5.16. The van der Waals surface area contributed by atoms with Crippen molar-refractivity contribution >= 4 is 5.71 Å². The lowest BCUT2D eigenvalue weighted by Crippen LogP contribution is -2.27. The van der Waals surface area contributed by atoms with Crippen molar-refractivity contribution in [2.75, 3.05) is 6.54 Å². The summed E-state index contributed by atoms with van der Waals surface area (Å²) < 4.78 is 0. The van der Waals surface area contributed by atoms with Gasteiger partial charge in [0, 0.05) is 29.7 Å². The van der Waals surface area contributed by atoms with Gasteiger partial charge in [-0.15, -0.1) is 6.42 Å². The molecule has 1 aliphatic rings. The van der Waals surface area contributed by atoms with Gasteiger partial charge in [-0.1, -0.05) is 74.0 Å². The summed E-state index contributed by atoms with van der Waals surface area (Å²) >= 11 is 0. The van der Waals surface area contributed by atoms with Gasteiger partial charge in [-0.05, 0) is 36.0 Å². The van der Waals surface area contributed by atoms with E-state index in [0.29, 0.717) is 0 Å². The van der Waals surface area contributed by atoms with Crippen LogP contribution in [0.4, 0.5) is 0 Å². The highest BCUT2D eigenvalue weighted by Crippen LogP contribution is 2.39. The van der Waals surface area contributed by atoms with Crippen LogP contribution in [0.2, 0.25) is 0 Å². The summed E-state index contributed by atoms with van der Waals surface area (Å²) in [5.74, 6) is 2.80. The largest absolute Gasteiger partial charge is 0.293 e. The van der Waals surface area contributed by atoms with Crippen LogP contribution in [0.25, 0.3) is 0 Å². The highest BCUT2D eigenvalue weighted by Gasteiger charge is 2.38. The Kier molecular flexibility index (Phi) is 5.19. The Hall–Kier alpha value is -2.59. The molecule has 0 spiro atoms. The fraction of sp³-hybridized carbons (Fsp3) is 0.292. The summed E-state index contributed by atoms with van der Waals surface area (Å²) in [6, 6.07) is 19.3. The summed E-state index contributed by atoms with van der Waals surface area (Å²) in [5.41, 5.74) is 5.98. The molecular weight excluding hydrogens is 302 g/mol. The molecule has 1 heterocycles. The summed E-state index contributed by atoms with van der Waals surface area (Å²) in [7, 11) is 0. The topological polar surface area (TPSA) is 12.4 Å². The Labute approximate surface area is 151 Å². The van der Waals surface area contributed by atoms with E-state index in [1.165, 1.54) is 22.4 Å². The Morgan fingerprint density at radius 3 is 2.56 bits per heavy atom. The first-order valence-electron chi connectivity index (χ1n) is 8.95. The number of aryl methyl sites for hydroxylation is 1. The zero-order valence-electron chi connectivity index (χ0n) is 15.0. The molecule has 0 fully saturated rings. The number of rotatable bonds is 6. The van der Waals surface area contributed by atoms with Crippen LogP contribution in [0, 0.1) is 17.8 Å². The Bertz CT molecular complexity index is 823. The zero-order chi connectivity index (χ0) is 17.7. The highest BCUT2D eigenvalue weighted by molar-refractivity contribution is 5.89. The molecule has 2 aromatic carbocycles. The maximum atomic E-state index is 5.73. The van der Waals surface area contributed by atoms with Crippen LogP contribution in [0.15, 0.2) is 71.7 Å². The lowest BCUT2D eigenvalue weighted by molar-refractivity contribution is 0.416. The summed E-state index contributed by atoms with van der Waals surface area (Å²) in [6.45, 7) is 7.12. The molecule has 0 bridgehead atoms. The normalized spacial score (nSPS) is 19.3. The maximum Gasteiger partial charge on any atom is 0.0498 e. The van der Waals surface area contributed by atoms with E-state index >= 15 is 0 Å². The third kappa shape index (κ3) is 3.91. The van der Waals surface area contributed by atoms with Gasteiger partial charge in [0.05, 0.1) is 0 Å². The van der Waals surface area contributed by atoms with E-state index in [-0.39, 0.29) is 5.41 Å². The Balaban J connectivity index is 1.77. The predicted octanol–water partition coefficient (Wildman–Crippen LogP) is 5.05. The summed E-state index contributed by atoms with van der Waals surface area (Å²) in [4.78, 5) is 4.87. The average molecular weight is 327 g/mol. The number of hydrogen-bond acceptors (Lipinski definition) is 1. The second kappa shape index (κ2) is 7.53. The molecule has 1 aliphatic heterocycles. The number of nitrogens with zero attached hydrogens (tertiary/aromatic N) is 1. The lowest BCUT2D eigenvalue weighted by atomic mass is 9.73. The molecule has 126 valence electrons. The standard InChI is InChI=1S/C24H25N/c1-4-19(3)24(16-21-10-7-6-8-11-21)17-23(25-18-24)15-22-13-9-12-20(5-2)14-22/h1,6-14H,3,5,15-18H2,2H3. The van der Waals surface area contributed by atoms with Gasteiger partial charge < -0.3 is 0 Å². The molecule has 1 heteroatoms. The van der Waals surface area contributed by atoms with Crippen LogP contribution in [0.5, 0.6) is 0 Å². The third-order valence-electron chi connectivity index (χ3n) is 5.16. The SMILES string of the molecule is C#CC(=C)C1(Cc2ccccc2)CN=C(Cc2cccc(CC)c2)C1. The van der Waals surface area contributed by atoms with Gasteiger partial charge in [0.25, 0.3) is 0 Å². The van der Waals surface area contributed by atoms with E-state index in [4.69, 9.17) is 11.4 Å². The number of benzene rings is 2. The maximum absolute atomic E-state index is 5.73. The first-order chi connectivity index (χ1) is 12.1. The van der Waals surface area contributed by atoms with E-state index in [1.54, 1.807) is 0 Å². The molecular formula is C24H25N. The Morgan fingerprint density at radius 1 is 1.12 bits per heavy atom. The summed E-state index contributed by atoms with van der Waals surface area (Å²) in [6.07, 6.45) is 9.50. The molecule has 0 aromatic heterocycles. The quantitative estimate of drug-likeness (QED) is 0.658. The second-order valence-electron chi connectivity index (χ2n) is 6.98. The molecule has 0 saturated carbocycles. The van der Waals surface area contributed by atoms with Crippen LogP contribution in [0.3, 0.4) is 0 Å². The molecule has 1 nitrogen and oxygen atoms in total. The second-order valence-corrected chi connectivity index (χ2v) is 6.98. The van der Waals surface area contributed by atoms with Crippen LogP contribution >= 0.6 is 0 Å². The minimum absolute atomic E-state index is 0.131. The van der Waals surface area contributed by atoms with Crippen molar-refractivity contribution in [3.05, 3.63) is 83.4 Å². The van der Waals surface area contributed by atoms with Crippen molar-refractivity contribution in [2.45, 2.75) is 32.6 Å². The van der Waals surface area contributed by atoms with Crippen LogP contribution in [0.1, 0.15) is 30.0 Å². The fourth-order valence-corrected chi connectivity index (χ4v) is 3.65. The van der Waals surface area contributed by atoms with Crippen molar-refractivity contribution in [1.82, 2.24) is 0 Å².